The Morgan fingerprint density at radius 3 is 2.53 bits per heavy atom. The molecule has 0 bridgehead atoms. The van der Waals surface area contributed by atoms with E-state index >= 15 is 0 Å². The maximum atomic E-state index is 12.9. The number of anilines is 1. The van der Waals surface area contributed by atoms with Gasteiger partial charge in [-0.3, -0.25) is 14.6 Å². The van der Waals surface area contributed by atoms with Gasteiger partial charge >= 0.3 is 0 Å². The predicted octanol–water partition coefficient (Wildman–Crippen LogP) is 2.53. The van der Waals surface area contributed by atoms with Crippen LogP contribution in [0.2, 0.25) is 0 Å². The fraction of sp³-hybridized carbons (Fsp3) is 0.211. The van der Waals surface area contributed by atoms with Crippen molar-refractivity contribution in [2.75, 3.05) is 11.8 Å². The number of carbonyl (C=O) groups excluding carboxylic acids is 1. The third-order valence-corrected chi connectivity index (χ3v) is 6.17. The Morgan fingerprint density at radius 1 is 1.23 bits per heavy atom. The Balaban J connectivity index is 1.85. The molecule has 3 aromatic rings. The Labute approximate surface area is 179 Å². The predicted molar refractivity (Wildman–Crippen MR) is 115 cm³/mol. The number of rotatable bonds is 7. The van der Waals surface area contributed by atoms with E-state index < -0.39 is 15.9 Å². The molecule has 9 nitrogen and oxygen atoms in total. The summed E-state index contributed by atoms with van der Waals surface area (Å²) in [4.78, 5) is 12.4. The number of nitrogens with zero attached hydrogens (tertiary/aromatic N) is 2. The number of amides is 1. The fourth-order valence-electron chi connectivity index (χ4n) is 2.66. The molecule has 0 unspecified atom stereocenters. The molecule has 1 aromatic heterocycles. The van der Waals surface area contributed by atoms with Crippen LogP contribution in [0.3, 0.4) is 0 Å². The third-order valence-electron chi connectivity index (χ3n) is 4.40. The first kappa shape index (κ1) is 21.5. The van der Waals surface area contributed by atoms with Crippen molar-refractivity contribution >= 4 is 33.8 Å². The number of carbonyl (C=O) groups is 1. The number of aromatic amines is 1. The van der Waals surface area contributed by atoms with Gasteiger partial charge in [0.1, 0.15) is 10.6 Å². The third kappa shape index (κ3) is 4.69. The highest BCUT2D eigenvalue weighted by atomic mass is 32.2. The van der Waals surface area contributed by atoms with Crippen LogP contribution in [-0.2, 0) is 23.6 Å². The fourth-order valence-corrected chi connectivity index (χ4v) is 4.06. The molecule has 158 valence electrons. The summed E-state index contributed by atoms with van der Waals surface area (Å²) in [5.41, 5.74) is 1.57. The maximum Gasteiger partial charge on any atom is 0.265 e. The zero-order valence-corrected chi connectivity index (χ0v) is 18.2. The SMILES string of the molecule is COc1ccc(C(=O)NCc2n[nH]c(=S)n2C)cc1S(=O)(=O)Nc1ccc(C)cc1. The second-order valence-corrected chi connectivity index (χ2v) is 8.56. The summed E-state index contributed by atoms with van der Waals surface area (Å²) in [6.07, 6.45) is 0. The average molecular weight is 448 g/mol. The number of ether oxygens (including phenoxy) is 1. The largest absolute Gasteiger partial charge is 0.495 e. The van der Waals surface area contributed by atoms with Gasteiger partial charge in [0.2, 0.25) is 0 Å². The summed E-state index contributed by atoms with van der Waals surface area (Å²) in [6.45, 7) is 2.03. The lowest BCUT2D eigenvalue weighted by molar-refractivity contribution is 0.0949. The summed E-state index contributed by atoms with van der Waals surface area (Å²) in [5, 5.41) is 9.35. The van der Waals surface area contributed by atoms with Crippen LogP contribution < -0.4 is 14.8 Å². The molecule has 30 heavy (non-hydrogen) atoms. The zero-order valence-electron chi connectivity index (χ0n) is 16.6. The molecule has 0 saturated carbocycles. The van der Waals surface area contributed by atoms with Gasteiger partial charge in [-0.15, -0.1) is 0 Å². The molecule has 11 heteroatoms. The van der Waals surface area contributed by atoms with Gasteiger partial charge in [0.25, 0.3) is 15.9 Å². The van der Waals surface area contributed by atoms with E-state index in [9.17, 15) is 13.2 Å². The molecule has 1 heterocycles. The second kappa shape index (κ2) is 8.67. The molecule has 0 radical (unpaired) electrons. The molecule has 0 fully saturated rings. The van der Waals surface area contributed by atoms with Crippen LogP contribution in [0.15, 0.2) is 47.4 Å². The number of H-pyrrole nitrogens is 1. The summed E-state index contributed by atoms with van der Waals surface area (Å²) < 4.78 is 35.6. The summed E-state index contributed by atoms with van der Waals surface area (Å²) in [5.74, 6) is 0.203. The van der Waals surface area contributed by atoms with E-state index in [2.05, 4.69) is 20.2 Å². The van der Waals surface area contributed by atoms with E-state index in [4.69, 9.17) is 17.0 Å². The quantitative estimate of drug-likeness (QED) is 0.479. The molecular formula is C19H21N5O4S2. The average Bonchev–Trinajstić information content (AvgIpc) is 3.05. The van der Waals surface area contributed by atoms with Gasteiger partial charge in [-0.25, -0.2) is 8.42 Å². The number of aromatic nitrogens is 3. The Kier molecular flexibility index (Phi) is 6.22. The molecule has 0 aliphatic rings. The van der Waals surface area contributed by atoms with E-state index in [0.717, 1.165) is 5.56 Å². The molecule has 0 aliphatic carbocycles. The number of hydrogen-bond donors (Lipinski definition) is 3. The smallest absolute Gasteiger partial charge is 0.265 e. The first-order chi connectivity index (χ1) is 14.2. The first-order valence-corrected chi connectivity index (χ1v) is 10.8. The summed E-state index contributed by atoms with van der Waals surface area (Å²) in [7, 11) is -0.896. The van der Waals surface area contributed by atoms with Crippen LogP contribution in [0.4, 0.5) is 5.69 Å². The lowest BCUT2D eigenvalue weighted by Gasteiger charge is -2.13. The minimum atomic E-state index is -3.99. The molecule has 0 atom stereocenters. The van der Waals surface area contributed by atoms with Gasteiger partial charge in [-0.2, -0.15) is 5.10 Å². The number of hydrogen-bond acceptors (Lipinski definition) is 6. The highest BCUT2D eigenvalue weighted by Crippen LogP contribution is 2.27. The van der Waals surface area contributed by atoms with Crippen molar-refractivity contribution in [3.63, 3.8) is 0 Å². The van der Waals surface area contributed by atoms with Crippen molar-refractivity contribution in [3.05, 3.63) is 64.2 Å². The highest BCUT2D eigenvalue weighted by Gasteiger charge is 2.22. The summed E-state index contributed by atoms with van der Waals surface area (Å²) in [6, 6.07) is 11.1. The highest BCUT2D eigenvalue weighted by molar-refractivity contribution is 7.92. The number of sulfonamides is 1. The van der Waals surface area contributed by atoms with E-state index in [-0.39, 0.29) is 22.8 Å². The summed E-state index contributed by atoms with van der Waals surface area (Å²) >= 11 is 5.04. The van der Waals surface area contributed by atoms with Crippen LogP contribution in [0.25, 0.3) is 0 Å². The van der Waals surface area contributed by atoms with Crippen molar-refractivity contribution in [2.24, 2.45) is 7.05 Å². The van der Waals surface area contributed by atoms with Gasteiger partial charge in [0.05, 0.1) is 13.7 Å². The maximum absolute atomic E-state index is 12.9. The van der Waals surface area contributed by atoms with Gasteiger partial charge in [-0.05, 0) is 49.5 Å². The Hall–Kier alpha value is -3.18. The molecule has 0 saturated heterocycles. The van der Waals surface area contributed by atoms with Crippen molar-refractivity contribution in [1.82, 2.24) is 20.1 Å². The first-order valence-electron chi connectivity index (χ1n) is 8.87. The van der Waals surface area contributed by atoms with E-state index in [1.165, 1.54) is 25.3 Å². The molecule has 3 rings (SSSR count). The van der Waals surface area contributed by atoms with E-state index in [1.807, 2.05) is 6.92 Å². The second-order valence-electron chi connectivity index (χ2n) is 6.52. The van der Waals surface area contributed by atoms with Crippen molar-refractivity contribution in [2.45, 2.75) is 18.4 Å². The lowest BCUT2D eigenvalue weighted by Crippen LogP contribution is -2.25. The topological polar surface area (TPSA) is 118 Å². The van der Waals surface area contributed by atoms with Crippen LogP contribution in [0, 0.1) is 11.7 Å². The van der Waals surface area contributed by atoms with Gasteiger partial charge in [0.15, 0.2) is 10.6 Å². The molecule has 0 aliphatic heterocycles. The van der Waals surface area contributed by atoms with Crippen LogP contribution in [-0.4, -0.2) is 36.2 Å². The normalized spacial score (nSPS) is 11.2. The molecule has 1 amide bonds. The molecular weight excluding hydrogens is 426 g/mol. The van der Waals surface area contributed by atoms with E-state index in [1.54, 1.807) is 35.9 Å². The number of nitrogens with one attached hydrogen (secondary N) is 3. The Morgan fingerprint density at radius 2 is 1.93 bits per heavy atom. The molecule has 0 spiro atoms. The minimum absolute atomic E-state index is 0.123. The minimum Gasteiger partial charge on any atom is -0.495 e. The van der Waals surface area contributed by atoms with Crippen LogP contribution >= 0.6 is 12.2 Å². The van der Waals surface area contributed by atoms with Gasteiger partial charge < -0.3 is 14.6 Å². The van der Waals surface area contributed by atoms with Crippen molar-refractivity contribution in [1.29, 1.82) is 0 Å². The van der Waals surface area contributed by atoms with Crippen LogP contribution in [0.1, 0.15) is 21.7 Å². The lowest BCUT2D eigenvalue weighted by atomic mass is 10.2. The van der Waals surface area contributed by atoms with Crippen molar-refractivity contribution < 1.29 is 17.9 Å². The van der Waals surface area contributed by atoms with Gasteiger partial charge in [-0.1, -0.05) is 17.7 Å². The van der Waals surface area contributed by atoms with Gasteiger partial charge in [0, 0.05) is 18.3 Å². The zero-order chi connectivity index (χ0) is 21.9. The molecule has 3 N–H and O–H groups in total. The Bertz CT molecular complexity index is 1230. The standard InChI is InChI=1S/C19H21N5O4S2/c1-12-4-7-14(8-5-12)23-30(26,27)16-10-13(6-9-15(16)28-3)18(25)20-11-17-21-22-19(29)24(17)2/h4-10,23H,11H2,1-3H3,(H,20,25)(H,22,29). The van der Waals surface area contributed by atoms with E-state index in [0.29, 0.717) is 16.3 Å². The monoisotopic (exact) mass is 447 g/mol. The number of benzene rings is 2. The van der Waals surface area contributed by atoms with Crippen molar-refractivity contribution in [3.8, 4) is 5.75 Å². The van der Waals surface area contributed by atoms with Crippen LogP contribution in [0.5, 0.6) is 5.75 Å². The number of aryl methyl sites for hydroxylation is 1. The number of methoxy groups -OCH3 is 1. The molecule has 2 aromatic carbocycles.